The molecule has 0 atom stereocenters. The number of hydrogen-bond donors (Lipinski definition) is 0. The highest BCUT2D eigenvalue weighted by molar-refractivity contribution is 14.1. The van der Waals surface area contributed by atoms with Crippen molar-refractivity contribution < 1.29 is 4.79 Å². The van der Waals surface area contributed by atoms with Gasteiger partial charge in [-0.25, -0.2) is 0 Å². The van der Waals surface area contributed by atoms with E-state index in [2.05, 4.69) is 41.7 Å². The molecular weight excluding hydrogens is 403 g/mol. The Labute approximate surface area is 156 Å². The molecule has 3 heteroatoms. The number of thioether (sulfide) groups is 1. The SMILES string of the molecule is CCCCCCCC/C=C\CSC(=O)CCCCCCCI. The summed E-state index contributed by atoms with van der Waals surface area (Å²) in [6.45, 7) is 2.26. The van der Waals surface area contributed by atoms with Crippen LogP contribution in [0, 0.1) is 0 Å². The minimum Gasteiger partial charge on any atom is -0.287 e. The van der Waals surface area contributed by atoms with Crippen LogP contribution >= 0.6 is 34.4 Å². The van der Waals surface area contributed by atoms with Gasteiger partial charge in [0.25, 0.3) is 0 Å². The molecule has 0 aromatic heterocycles. The molecule has 0 aliphatic rings. The molecule has 0 saturated carbocycles. The first-order chi connectivity index (χ1) is 10.8. The maximum Gasteiger partial charge on any atom is 0.189 e. The molecule has 0 fully saturated rings. The van der Waals surface area contributed by atoms with Gasteiger partial charge in [-0.15, -0.1) is 0 Å². The third kappa shape index (κ3) is 18.5. The summed E-state index contributed by atoms with van der Waals surface area (Å²) in [5.74, 6) is 0.865. The summed E-state index contributed by atoms with van der Waals surface area (Å²) in [6, 6.07) is 0. The predicted octanol–water partition coefficient (Wildman–Crippen LogP) is 7.33. The standard InChI is InChI=1S/C19H35IOS/c1-2-3-4-5-6-7-8-12-15-18-22-19(21)16-13-10-9-11-14-17-20/h12,15H,2-11,13-14,16-18H2,1H3/b15-12-. The van der Waals surface area contributed by atoms with Gasteiger partial charge in [-0.2, -0.15) is 0 Å². The second kappa shape index (κ2) is 19.5. The minimum absolute atomic E-state index is 0.373. The fourth-order valence-corrected chi connectivity index (χ4v) is 3.58. The van der Waals surface area contributed by atoms with Crippen LogP contribution < -0.4 is 0 Å². The molecule has 0 amide bonds. The Morgan fingerprint density at radius 3 is 2.23 bits per heavy atom. The van der Waals surface area contributed by atoms with Crippen molar-refractivity contribution in [2.24, 2.45) is 0 Å². The van der Waals surface area contributed by atoms with E-state index in [-0.39, 0.29) is 0 Å². The zero-order valence-electron chi connectivity index (χ0n) is 14.5. The van der Waals surface area contributed by atoms with E-state index in [9.17, 15) is 4.79 Å². The lowest BCUT2D eigenvalue weighted by atomic mass is 10.1. The fraction of sp³-hybridized carbons (Fsp3) is 0.842. The molecule has 0 aromatic rings. The van der Waals surface area contributed by atoms with Gasteiger partial charge in [-0.05, 0) is 30.1 Å². The number of carbonyl (C=O) groups excluding carboxylic acids is 1. The summed E-state index contributed by atoms with van der Waals surface area (Å²) < 4.78 is 1.26. The largest absolute Gasteiger partial charge is 0.287 e. The second-order valence-electron chi connectivity index (χ2n) is 5.92. The highest BCUT2D eigenvalue weighted by Gasteiger charge is 2.00. The third-order valence-corrected chi connectivity index (χ3v) is 5.39. The molecule has 0 aliphatic carbocycles. The first-order valence-corrected chi connectivity index (χ1v) is 11.7. The van der Waals surface area contributed by atoms with Gasteiger partial charge in [-0.3, -0.25) is 4.79 Å². The van der Waals surface area contributed by atoms with Gasteiger partial charge in [0.1, 0.15) is 0 Å². The number of carbonyl (C=O) groups is 1. The quantitative estimate of drug-likeness (QED) is 0.109. The van der Waals surface area contributed by atoms with E-state index in [4.69, 9.17) is 0 Å². The maximum absolute atomic E-state index is 11.7. The van der Waals surface area contributed by atoms with Crippen molar-refractivity contribution in [1.29, 1.82) is 0 Å². The van der Waals surface area contributed by atoms with Crippen molar-refractivity contribution in [2.75, 3.05) is 10.2 Å². The zero-order valence-corrected chi connectivity index (χ0v) is 17.4. The van der Waals surface area contributed by atoms with Crippen molar-refractivity contribution in [3.63, 3.8) is 0 Å². The molecule has 130 valence electrons. The third-order valence-electron chi connectivity index (χ3n) is 3.75. The van der Waals surface area contributed by atoms with E-state index < -0.39 is 0 Å². The van der Waals surface area contributed by atoms with Gasteiger partial charge in [0.2, 0.25) is 0 Å². The lowest BCUT2D eigenvalue weighted by Crippen LogP contribution is -1.92. The summed E-state index contributed by atoms with van der Waals surface area (Å²) >= 11 is 3.92. The molecule has 0 bridgehead atoms. The van der Waals surface area contributed by atoms with Crippen LogP contribution in [0.5, 0.6) is 0 Å². The number of allylic oxidation sites excluding steroid dienone is 1. The Morgan fingerprint density at radius 1 is 0.864 bits per heavy atom. The fourth-order valence-electron chi connectivity index (χ4n) is 2.34. The molecule has 0 heterocycles. The second-order valence-corrected chi connectivity index (χ2v) is 8.07. The first kappa shape index (κ1) is 22.5. The number of hydrogen-bond acceptors (Lipinski definition) is 2. The summed E-state index contributed by atoms with van der Waals surface area (Å²) in [5.41, 5.74) is 0. The van der Waals surface area contributed by atoms with Crippen LogP contribution in [0.15, 0.2) is 12.2 Å². The summed E-state index contributed by atoms with van der Waals surface area (Å²) in [5, 5.41) is 0.373. The Bertz CT molecular complexity index is 266. The lowest BCUT2D eigenvalue weighted by molar-refractivity contribution is -0.111. The topological polar surface area (TPSA) is 17.1 Å². The lowest BCUT2D eigenvalue weighted by Gasteiger charge is -2.00. The highest BCUT2D eigenvalue weighted by atomic mass is 127. The van der Waals surface area contributed by atoms with E-state index in [1.54, 1.807) is 0 Å². The van der Waals surface area contributed by atoms with Gasteiger partial charge in [0.05, 0.1) is 0 Å². The molecule has 0 rings (SSSR count). The van der Waals surface area contributed by atoms with E-state index in [0.717, 1.165) is 18.6 Å². The molecule has 22 heavy (non-hydrogen) atoms. The van der Waals surface area contributed by atoms with Gasteiger partial charge in [0.15, 0.2) is 5.12 Å². The van der Waals surface area contributed by atoms with Gasteiger partial charge < -0.3 is 0 Å². The van der Waals surface area contributed by atoms with Gasteiger partial charge in [0, 0.05) is 12.2 Å². The van der Waals surface area contributed by atoms with Crippen LogP contribution in [-0.4, -0.2) is 15.3 Å². The molecule has 0 saturated heterocycles. The molecule has 0 spiro atoms. The smallest absolute Gasteiger partial charge is 0.189 e. The van der Waals surface area contributed by atoms with Crippen LogP contribution in [0.25, 0.3) is 0 Å². The normalized spacial score (nSPS) is 11.4. The molecule has 0 aromatic carbocycles. The number of rotatable bonds is 16. The Kier molecular flexibility index (Phi) is 20.0. The summed E-state index contributed by atoms with van der Waals surface area (Å²) in [7, 11) is 0. The Morgan fingerprint density at radius 2 is 1.50 bits per heavy atom. The van der Waals surface area contributed by atoms with Gasteiger partial charge >= 0.3 is 0 Å². The van der Waals surface area contributed by atoms with E-state index in [0.29, 0.717) is 5.12 Å². The van der Waals surface area contributed by atoms with Crippen LogP contribution in [0.1, 0.15) is 90.4 Å². The van der Waals surface area contributed by atoms with Crippen LogP contribution in [-0.2, 0) is 4.79 Å². The van der Waals surface area contributed by atoms with E-state index >= 15 is 0 Å². The summed E-state index contributed by atoms with van der Waals surface area (Å²) in [4.78, 5) is 11.7. The molecule has 0 aliphatic heterocycles. The van der Waals surface area contributed by atoms with Crippen LogP contribution in [0.2, 0.25) is 0 Å². The zero-order chi connectivity index (χ0) is 16.3. The number of halogens is 1. The van der Waals surface area contributed by atoms with Crippen molar-refractivity contribution in [1.82, 2.24) is 0 Å². The minimum atomic E-state index is 0.373. The van der Waals surface area contributed by atoms with E-state index in [1.165, 1.54) is 86.8 Å². The Hall–Kier alpha value is 0.490. The van der Waals surface area contributed by atoms with Crippen LogP contribution in [0.4, 0.5) is 0 Å². The molecule has 0 unspecified atom stereocenters. The molecular formula is C19H35IOS. The monoisotopic (exact) mass is 438 g/mol. The summed E-state index contributed by atoms with van der Waals surface area (Å²) in [6.07, 6.45) is 20.7. The number of alkyl halides is 1. The van der Waals surface area contributed by atoms with Crippen molar-refractivity contribution in [3.05, 3.63) is 12.2 Å². The molecule has 0 radical (unpaired) electrons. The molecule has 1 nitrogen and oxygen atoms in total. The average Bonchev–Trinajstić information content (AvgIpc) is 2.52. The van der Waals surface area contributed by atoms with Crippen LogP contribution in [0.3, 0.4) is 0 Å². The highest BCUT2D eigenvalue weighted by Crippen LogP contribution is 2.13. The van der Waals surface area contributed by atoms with Gasteiger partial charge in [-0.1, -0.05) is 105 Å². The van der Waals surface area contributed by atoms with Crippen molar-refractivity contribution >= 4 is 39.5 Å². The molecule has 0 N–H and O–H groups in total. The average molecular weight is 438 g/mol. The Balaban J connectivity index is 3.24. The van der Waals surface area contributed by atoms with E-state index in [1.807, 2.05) is 0 Å². The number of unbranched alkanes of at least 4 members (excludes halogenated alkanes) is 10. The predicted molar refractivity (Wildman–Crippen MR) is 111 cm³/mol. The van der Waals surface area contributed by atoms with Crippen molar-refractivity contribution in [3.8, 4) is 0 Å². The maximum atomic E-state index is 11.7. The van der Waals surface area contributed by atoms with Crippen molar-refractivity contribution in [2.45, 2.75) is 90.4 Å². The first-order valence-electron chi connectivity index (χ1n) is 9.17.